The number of anilines is 4. The van der Waals surface area contributed by atoms with Gasteiger partial charge in [-0.05, 0) is 56.0 Å². The predicted octanol–water partition coefficient (Wildman–Crippen LogP) is 4.24. The average Bonchev–Trinajstić information content (AvgIpc) is 3.30. The van der Waals surface area contributed by atoms with Crippen LogP contribution in [0.2, 0.25) is 0 Å². The molecular weight excluding hydrogens is 477 g/mol. The SMILES string of the molecule is N[C@H]1CC[C@H](Nc2cc(Nc3ccccc3)c3ncc(C(=O)Nc4cc(F)cc(C(=O)O)c4)n3n2)CC1. The summed E-state index contributed by atoms with van der Waals surface area (Å²) in [5.41, 5.74) is 7.75. The first-order valence-electron chi connectivity index (χ1n) is 11.9. The van der Waals surface area contributed by atoms with E-state index in [2.05, 4.69) is 26.0 Å². The van der Waals surface area contributed by atoms with E-state index in [0.29, 0.717) is 17.2 Å². The third-order valence-corrected chi connectivity index (χ3v) is 6.28. The molecule has 190 valence electrons. The van der Waals surface area contributed by atoms with E-state index in [9.17, 15) is 19.1 Å². The number of nitrogens with zero attached hydrogens (tertiary/aromatic N) is 3. The second kappa shape index (κ2) is 10.2. The zero-order valence-electron chi connectivity index (χ0n) is 19.8. The average molecular weight is 504 g/mol. The van der Waals surface area contributed by atoms with E-state index in [4.69, 9.17) is 5.73 Å². The molecule has 1 fully saturated rings. The third kappa shape index (κ3) is 5.51. The maximum absolute atomic E-state index is 13.9. The fourth-order valence-corrected chi connectivity index (χ4v) is 4.42. The van der Waals surface area contributed by atoms with Crippen LogP contribution >= 0.6 is 0 Å². The number of carbonyl (C=O) groups is 2. The highest BCUT2D eigenvalue weighted by Gasteiger charge is 2.22. The topological polar surface area (TPSA) is 147 Å². The molecule has 37 heavy (non-hydrogen) atoms. The highest BCUT2D eigenvalue weighted by atomic mass is 19.1. The van der Waals surface area contributed by atoms with Crippen LogP contribution in [-0.2, 0) is 0 Å². The van der Waals surface area contributed by atoms with Gasteiger partial charge in [0.2, 0.25) is 0 Å². The highest BCUT2D eigenvalue weighted by molar-refractivity contribution is 6.04. The monoisotopic (exact) mass is 503 g/mol. The summed E-state index contributed by atoms with van der Waals surface area (Å²) >= 11 is 0. The summed E-state index contributed by atoms with van der Waals surface area (Å²) in [6, 6.07) is 14.9. The lowest BCUT2D eigenvalue weighted by molar-refractivity contribution is 0.0696. The number of carboxylic acids is 1. The lowest BCUT2D eigenvalue weighted by atomic mass is 9.92. The van der Waals surface area contributed by atoms with Crippen molar-refractivity contribution in [1.82, 2.24) is 14.6 Å². The Morgan fingerprint density at radius 2 is 1.78 bits per heavy atom. The minimum atomic E-state index is -1.30. The van der Waals surface area contributed by atoms with Crippen LogP contribution in [0.4, 0.5) is 27.3 Å². The Kier molecular flexibility index (Phi) is 6.69. The van der Waals surface area contributed by atoms with Crippen LogP contribution < -0.4 is 21.7 Å². The Hall–Kier alpha value is -4.51. The van der Waals surface area contributed by atoms with Gasteiger partial charge in [-0.25, -0.2) is 18.7 Å². The van der Waals surface area contributed by atoms with Gasteiger partial charge in [0.15, 0.2) is 11.3 Å². The summed E-state index contributed by atoms with van der Waals surface area (Å²) < 4.78 is 15.3. The number of amides is 1. The summed E-state index contributed by atoms with van der Waals surface area (Å²) in [4.78, 5) is 28.8. The van der Waals surface area contributed by atoms with Gasteiger partial charge in [0, 0.05) is 29.5 Å². The van der Waals surface area contributed by atoms with Gasteiger partial charge in [0.25, 0.3) is 5.91 Å². The lowest BCUT2D eigenvalue weighted by Gasteiger charge is -2.27. The number of aromatic carboxylic acids is 1. The number of hydrogen-bond donors (Lipinski definition) is 5. The first-order valence-corrected chi connectivity index (χ1v) is 11.9. The molecule has 2 heterocycles. The lowest BCUT2D eigenvalue weighted by Crippen LogP contribution is -2.33. The minimum absolute atomic E-state index is 0.00723. The number of benzene rings is 2. The molecule has 0 bridgehead atoms. The van der Waals surface area contributed by atoms with E-state index in [-0.39, 0.29) is 29.0 Å². The standard InChI is InChI=1S/C26H26FN7O3/c27-16-10-15(26(36)37)11-20(12-16)32-25(35)22-14-29-24-21(30-18-4-2-1-3-5-18)13-23(33-34(22)24)31-19-8-6-17(28)7-9-19/h1-5,10-14,17,19,30H,6-9,28H2,(H,31,33)(H,32,35)(H,36,37)/t17-,19-. The summed E-state index contributed by atoms with van der Waals surface area (Å²) in [6.07, 6.45) is 5.02. The number of para-hydroxylation sites is 1. The molecule has 0 saturated heterocycles. The van der Waals surface area contributed by atoms with Gasteiger partial charge in [-0.2, -0.15) is 0 Å². The molecule has 5 rings (SSSR count). The normalized spacial score (nSPS) is 17.4. The van der Waals surface area contributed by atoms with Gasteiger partial charge >= 0.3 is 5.97 Å². The Bertz CT molecular complexity index is 1450. The number of carboxylic acid groups (broad SMARTS) is 1. The molecule has 0 spiro atoms. The molecule has 2 aromatic carbocycles. The van der Waals surface area contributed by atoms with Crippen molar-refractivity contribution >= 4 is 40.4 Å². The van der Waals surface area contributed by atoms with Crippen LogP contribution in [0.15, 0.2) is 60.8 Å². The van der Waals surface area contributed by atoms with E-state index in [0.717, 1.165) is 43.5 Å². The molecule has 0 atom stereocenters. The van der Waals surface area contributed by atoms with E-state index < -0.39 is 17.7 Å². The van der Waals surface area contributed by atoms with Gasteiger partial charge in [-0.15, -0.1) is 5.10 Å². The van der Waals surface area contributed by atoms with Crippen LogP contribution in [-0.4, -0.2) is 43.7 Å². The van der Waals surface area contributed by atoms with Gasteiger partial charge in [0.05, 0.1) is 17.4 Å². The molecule has 4 aromatic rings. The molecular formula is C26H26FN7O3. The number of hydrogen-bond acceptors (Lipinski definition) is 7. The molecule has 6 N–H and O–H groups in total. The molecule has 2 aromatic heterocycles. The van der Waals surface area contributed by atoms with Crippen LogP contribution in [0, 0.1) is 5.82 Å². The van der Waals surface area contributed by atoms with Gasteiger partial charge < -0.3 is 26.8 Å². The molecule has 1 saturated carbocycles. The van der Waals surface area contributed by atoms with Crippen molar-refractivity contribution in [2.45, 2.75) is 37.8 Å². The van der Waals surface area contributed by atoms with E-state index in [1.165, 1.54) is 16.8 Å². The molecule has 11 heteroatoms. The van der Waals surface area contributed by atoms with Crippen molar-refractivity contribution in [3.05, 3.63) is 77.9 Å². The Balaban J connectivity index is 1.49. The van der Waals surface area contributed by atoms with Crippen molar-refractivity contribution in [3.8, 4) is 0 Å². The van der Waals surface area contributed by atoms with Gasteiger partial charge in [0.1, 0.15) is 11.6 Å². The molecule has 1 aliphatic carbocycles. The molecule has 1 amide bonds. The summed E-state index contributed by atoms with van der Waals surface area (Å²) in [5, 5.41) is 23.2. The number of imidazole rings is 1. The number of carbonyl (C=O) groups excluding carboxylic acids is 1. The molecule has 1 aliphatic rings. The summed E-state index contributed by atoms with van der Waals surface area (Å²) in [6.45, 7) is 0. The fraction of sp³-hybridized carbons (Fsp3) is 0.231. The van der Waals surface area contributed by atoms with E-state index in [1.807, 2.05) is 36.4 Å². The Morgan fingerprint density at radius 1 is 1.03 bits per heavy atom. The number of halogens is 1. The van der Waals surface area contributed by atoms with Crippen LogP contribution in [0.25, 0.3) is 5.65 Å². The quantitative estimate of drug-likeness (QED) is 0.252. The highest BCUT2D eigenvalue weighted by Crippen LogP contribution is 2.27. The molecule has 10 nitrogen and oxygen atoms in total. The Morgan fingerprint density at radius 3 is 2.51 bits per heavy atom. The summed E-state index contributed by atoms with van der Waals surface area (Å²) in [7, 11) is 0. The van der Waals surface area contributed by atoms with Crippen LogP contribution in [0.5, 0.6) is 0 Å². The largest absolute Gasteiger partial charge is 0.478 e. The first-order chi connectivity index (χ1) is 17.9. The van der Waals surface area contributed by atoms with Crippen molar-refractivity contribution in [2.75, 3.05) is 16.0 Å². The number of nitrogens with two attached hydrogens (primary N) is 1. The maximum atomic E-state index is 13.9. The number of rotatable bonds is 7. The van der Waals surface area contributed by atoms with Gasteiger partial charge in [-0.1, -0.05) is 18.2 Å². The number of fused-ring (bicyclic) bond motifs is 1. The number of nitrogens with one attached hydrogen (secondary N) is 3. The second-order valence-corrected chi connectivity index (χ2v) is 9.06. The second-order valence-electron chi connectivity index (χ2n) is 9.06. The zero-order chi connectivity index (χ0) is 25.9. The van der Waals surface area contributed by atoms with E-state index in [1.54, 1.807) is 0 Å². The fourth-order valence-electron chi connectivity index (χ4n) is 4.42. The maximum Gasteiger partial charge on any atom is 0.335 e. The van der Waals surface area contributed by atoms with Crippen LogP contribution in [0.3, 0.4) is 0 Å². The van der Waals surface area contributed by atoms with Crippen molar-refractivity contribution in [1.29, 1.82) is 0 Å². The van der Waals surface area contributed by atoms with Gasteiger partial charge in [-0.3, -0.25) is 4.79 Å². The third-order valence-electron chi connectivity index (χ3n) is 6.28. The minimum Gasteiger partial charge on any atom is -0.478 e. The smallest absolute Gasteiger partial charge is 0.335 e. The van der Waals surface area contributed by atoms with Crippen molar-refractivity contribution in [2.24, 2.45) is 5.73 Å². The number of aromatic nitrogens is 3. The van der Waals surface area contributed by atoms with Crippen LogP contribution in [0.1, 0.15) is 46.5 Å². The van der Waals surface area contributed by atoms with Crippen molar-refractivity contribution in [3.63, 3.8) is 0 Å². The predicted molar refractivity (Wildman–Crippen MR) is 138 cm³/mol. The van der Waals surface area contributed by atoms with E-state index >= 15 is 0 Å². The Labute approximate surface area is 211 Å². The molecule has 0 radical (unpaired) electrons. The first kappa shape index (κ1) is 24.2. The molecule has 0 unspecified atom stereocenters. The zero-order valence-corrected chi connectivity index (χ0v) is 19.8. The molecule has 0 aliphatic heterocycles. The van der Waals surface area contributed by atoms with Crippen molar-refractivity contribution < 1.29 is 19.1 Å². The summed E-state index contributed by atoms with van der Waals surface area (Å²) in [5.74, 6) is -2.15.